The summed E-state index contributed by atoms with van der Waals surface area (Å²) in [5.41, 5.74) is -16.3. The maximum Gasteiger partial charge on any atom is 0.408 e. The Balaban J connectivity index is 0.000000228. The van der Waals surface area contributed by atoms with Crippen LogP contribution in [0, 0.1) is 33.5 Å². The summed E-state index contributed by atoms with van der Waals surface area (Å²) < 4.78 is 59.0. The van der Waals surface area contributed by atoms with Crippen molar-refractivity contribution >= 4 is 59.6 Å². The molecule has 10 N–H and O–H groups in total. The van der Waals surface area contributed by atoms with E-state index in [1.54, 1.807) is 166 Å². The molecule has 0 aromatic heterocycles. The van der Waals surface area contributed by atoms with E-state index in [0.29, 0.717) is 11.1 Å². The number of hydrogen-bond acceptors (Lipinski definition) is 28. The molecule has 4 bridgehead atoms. The number of aliphatic hydroxyl groups is 8. The summed E-state index contributed by atoms with van der Waals surface area (Å²) in [6.45, 7) is 23.6. The number of benzene rings is 4. The molecule has 0 radical (unpaired) electrons. The Hall–Kier alpha value is -9.34. The third-order valence-electron chi connectivity index (χ3n) is 25.1. The molecule has 4 aromatic carbocycles. The minimum absolute atomic E-state index is 0.0637. The Labute approximate surface area is 671 Å². The number of ketones is 2. The van der Waals surface area contributed by atoms with Crippen molar-refractivity contribution in [3.8, 4) is 0 Å². The average Bonchev–Trinajstić information content (AvgIpc) is 0.673. The first kappa shape index (κ1) is 87.5. The first-order valence-electron chi connectivity index (χ1n) is 38.7. The minimum Gasteiger partial charge on any atom is -0.456 e. The van der Waals surface area contributed by atoms with Crippen LogP contribution in [0.5, 0.6) is 0 Å². The Morgan fingerprint density at radius 1 is 0.474 bits per heavy atom. The molecule has 628 valence electrons. The summed E-state index contributed by atoms with van der Waals surface area (Å²) in [7, 11) is 0. The standard InChI is InChI=1S/2C43H53NO14/c2*1-22-26(55-37(51)32(48)30(24-15-11-9-12-16-24)44-38(52)58-39(3,4)5)20-43(53)35(56-36(50)25-17-13-10-14-18-25)33-41(8,34(49)31(47)29(22)40(43,6)7)27(46)19-28-42(33,21-54-28)57-23(2)45/h2*9-18,26-28,30-33,35,46-48,53H,19-21H2,1-8H3,(H,44,52)/t26-,27+,28?,30-,31+,32+,33-,35-,41+,42-,43+;26-,27-,28?,30-,31+,32+,33-,35-,41+,42-,43+/m00/s1. The molecule has 22 atom stereocenters. The highest BCUT2D eigenvalue weighted by Crippen LogP contribution is 2.67. The fourth-order valence-electron chi connectivity index (χ4n) is 19.1. The number of amides is 2. The molecule has 8 aliphatic rings. The molecule has 6 fully saturated rings. The van der Waals surface area contributed by atoms with E-state index < -0.39 is 225 Å². The maximum absolute atomic E-state index is 14.9. The van der Waals surface area contributed by atoms with Crippen molar-refractivity contribution in [3.05, 3.63) is 166 Å². The number of Topliss-reactive ketones (excluding diaryl/α,β-unsaturated/α-hetero) is 2. The van der Waals surface area contributed by atoms with Crippen LogP contribution >= 0.6 is 0 Å². The Kier molecular flexibility index (Phi) is 24.0. The van der Waals surface area contributed by atoms with E-state index in [9.17, 15) is 88.8 Å². The number of fused-ring (bicyclic) bond motifs is 10. The van der Waals surface area contributed by atoms with Gasteiger partial charge in [-0.2, -0.15) is 0 Å². The van der Waals surface area contributed by atoms with Gasteiger partial charge in [0.15, 0.2) is 35.0 Å². The molecule has 4 saturated carbocycles. The van der Waals surface area contributed by atoms with Crippen LogP contribution in [-0.4, -0.2) is 220 Å². The van der Waals surface area contributed by atoms with Gasteiger partial charge in [-0.25, -0.2) is 28.8 Å². The number of carbonyl (C=O) groups excluding carboxylic acids is 10. The summed E-state index contributed by atoms with van der Waals surface area (Å²) in [5.74, 6) is -10.7. The van der Waals surface area contributed by atoms with Gasteiger partial charge in [-0.3, -0.25) is 19.2 Å². The van der Waals surface area contributed by atoms with E-state index in [0.717, 1.165) is 13.8 Å². The summed E-state index contributed by atoms with van der Waals surface area (Å²) in [6.07, 6.45) is -23.0. The molecule has 116 heavy (non-hydrogen) atoms. The lowest BCUT2D eigenvalue weighted by Gasteiger charge is -2.67. The lowest BCUT2D eigenvalue weighted by atomic mass is 9.44. The zero-order valence-electron chi connectivity index (χ0n) is 67.8. The highest BCUT2D eigenvalue weighted by molar-refractivity contribution is 5.96. The first-order valence-corrected chi connectivity index (χ1v) is 38.7. The van der Waals surface area contributed by atoms with Gasteiger partial charge in [0.05, 0.1) is 71.3 Å². The Morgan fingerprint density at radius 3 is 1.05 bits per heavy atom. The quantitative estimate of drug-likeness (QED) is 0.0324. The van der Waals surface area contributed by atoms with E-state index >= 15 is 0 Å². The number of ether oxygens (including phenoxy) is 10. The van der Waals surface area contributed by atoms with Crippen molar-refractivity contribution < 1.29 is 136 Å². The molecule has 0 spiro atoms. The monoisotopic (exact) mass is 1610 g/mol. The number of alkyl carbamates (subject to hydrolysis) is 2. The molecule has 30 heteroatoms. The van der Waals surface area contributed by atoms with Gasteiger partial charge in [-0.05, 0) is 127 Å². The smallest absolute Gasteiger partial charge is 0.408 e. The summed E-state index contributed by atoms with van der Waals surface area (Å²) in [6, 6.07) is 29.3. The Morgan fingerprint density at radius 2 is 0.776 bits per heavy atom. The molecule has 2 saturated heterocycles. The number of esters is 6. The van der Waals surface area contributed by atoms with Crippen molar-refractivity contribution in [1.82, 2.24) is 10.6 Å². The molecular weight excluding hydrogens is 1510 g/mol. The van der Waals surface area contributed by atoms with Crippen molar-refractivity contribution in [2.75, 3.05) is 13.2 Å². The predicted molar refractivity (Wildman–Crippen MR) is 407 cm³/mol. The zero-order valence-corrected chi connectivity index (χ0v) is 67.8. The van der Waals surface area contributed by atoms with Crippen LogP contribution in [0.15, 0.2) is 144 Å². The summed E-state index contributed by atoms with van der Waals surface area (Å²) >= 11 is 0. The van der Waals surface area contributed by atoms with Gasteiger partial charge in [0, 0.05) is 50.4 Å². The molecule has 2 unspecified atom stereocenters. The van der Waals surface area contributed by atoms with Crippen LogP contribution in [0.4, 0.5) is 9.59 Å². The van der Waals surface area contributed by atoms with Gasteiger partial charge in [-0.1, -0.05) is 125 Å². The molecule has 6 aliphatic carbocycles. The van der Waals surface area contributed by atoms with E-state index in [-0.39, 0.29) is 59.5 Å². The normalized spacial score (nSPS) is 33.7. The maximum atomic E-state index is 14.9. The van der Waals surface area contributed by atoms with Crippen molar-refractivity contribution in [3.63, 3.8) is 0 Å². The van der Waals surface area contributed by atoms with Crippen molar-refractivity contribution in [2.24, 2.45) is 33.5 Å². The fraction of sp³-hybridized carbons (Fsp3) is 0.558. The largest absolute Gasteiger partial charge is 0.456 e. The van der Waals surface area contributed by atoms with E-state index in [1.165, 1.54) is 52.0 Å². The van der Waals surface area contributed by atoms with Gasteiger partial charge >= 0.3 is 48.0 Å². The van der Waals surface area contributed by atoms with Crippen LogP contribution in [0.1, 0.15) is 180 Å². The number of rotatable bonds is 16. The highest BCUT2D eigenvalue weighted by Gasteiger charge is 2.80. The van der Waals surface area contributed by atoms with Gasteiger partial charge in [0.2, 0.25) is 0 Å². The highest BCUT2D eigenvalue weighted by atomic mass is 16.7. The number of nitrogens with one attached hydrogen (secondary N) is 2. The zero-order chi connectivity index (χ0) is 85.5. The summed E-state index contributed by atoms with van der Waals surface area (Å²) in [4.78, 5) is 138. The van der Waals surface area contributed by atoms with Crippen LogP contribution in [0.2, 0.25) is 0 Å². The first-order chi connectivity index (χ1) is 54.0. The SMILES string of the molecule is CC(=O)O[C@@]12COC1C[C@@H](O)[C@@]1(C)C(=O)[C@H](O)C3=C(C)[C@@H](OC(=O)[C@H](O)[C@@H](NC(=O)OC(C)(C)C)c4ccccc4)C[C@@](O)([C@@H](OC(=O)c4ccccc4)[C@@H]12)C3(C)C.CC(=O)O[C@@]12COC1C[C@H](O)[C@@]1(C)C(=O)[C@H](O)C3=C(C)[C@@H](OC(=O)[C@H](O)[C@@H](NC(=O)OC(C)(C)C)c4ccccc4)C[C@@](O)([C@@H](OC(=O)c4ccccc4)[C@@H]12)C3(C)C. The molecule has 2 amide bonds. The van der Waals surface area contributed by atoms with Crippen LogP contribution in [0.25, 0.3) is 0 Å². The van der Waals surface area contributed by atoms with Gasteiger partial charge < -0.3 is 98.9 Å². The lowest BCUT2D eigenvalue weighted by Crippen LogP contribution is -2.81. The second-order valence-electron chi connectivity index (χ2n) is 35.1. The number of aliphatic hydroxyl groups excluding tert-OH is 6. The molecule has 4 aromatic rings. The van der Waals surface area contributed by atoms with E-state index in [2.05, 4.69) is 10.6 Å². The van der Waals surface area contributed by atoms with E-state index in [1.807, 2.05) is 0 Å². The van der Waals surface area contributed by atoms with Gasteiger partial charge in [-0.15, -0.1) is 0 Å². The van der Waals surface area contributed by atoms with Crippen molar-refractivity contribution in [2.45, 2.75) is 255 Å². The van der Waals surface area contributed by atoms with Crippen LogP contribution < -0.4 is 10.6 Å². The van der Waals surface area contributed by atoms with E-state index in [4.69, 9.17) is 47.4 Å². The fourth-order valence-corrected chi connectivity index (χ4v) is 19.1. The average molecular weight is 1620 g/mol. The van der Waals surface area contributed by atoms with Gasteiger partial charge in [0.25, 0.3) is 0 Å². The Bertz CT molecular complexity index is 4240. The molecule has 2 aliphatic heterocycles. The number of hydrogen-bond donors (Lipinski definition) is 10. The minimum atomic E-state index is -2.35. The third-order valence-corrected chi connectivity index (χ3v) is 25.1. The molecule has 2 heterocycles. The molecule has 30 nitrogen and oxygen atoms in total. The van der Waals surface area contributed by atoms with Crippen molar-refractivity contribution in [1.29, 1.82) is 0 Å². The molecular formula is C86H106N2O28. The lowest BCUT2D eigenvalue weighted by molar-refractivity contribution is -0.346. The van der Waals surface area contributed by atoms with Crippen LogP contribution in [-0.2, 0) is 76.1 Å². The van der Waals surface area contributed by atoms with Crippen LogP contribution in [0.3, 0.4) is 0 Å². The number of carbonyl (C=O) groups is 10. The van der Waals surface area contributed by atoms with Gasteiger partial charge in [0.1, 0.15) is 71.2 Å². The second kappa shape index (κ2) is 31.8. The summed E-state index contributed by atoms with van der Waals surface area (Å²) in [5, 5.41) is 103. The second-order valence-corrected chi connectivity index (χ2v) is 35.1. The topological polar surface area (TPSA) is 449 Å². The predicted octanol–water partition coefficient (Wildman–Crippen LogP) is 6.52. The molecule has 12 rings (SSSR count). The third kappa shape index (κ3) is 15.4.